The molecule has 1 atom stereocenters. The Balaban J connectivity index is 2.20. The van der Waals surface area contributed by atoms with Crippen molar-refractivity contribution in [3.8, 4) is 11.8 Å². The predicted octanol–water partition coefficient (Wildman–Crippen LogP) is 2.26. The Morgan fingerprint density at radius 1 is 1.63 bits per heavy atom. The van der Waals surface area contributed by atoms with Crippen molar-refractivity contribution in [2.75, 3.05) is 6.61 Å². The highest BCUT2D eigenvalue weighted by Crippen LogP contribution is 2.40. The van der Waals surface area contributed by atoms with Crippen LogP contribution < -0.4 is 10.5 Å². The van der Waals surface area contributed by atoms with Crippen molar-refractivity contribution in [2.24, 2.45) is 11.7 Å². The molecule has 1 aromatic rings. The summed E-state index contributed by atoms with van der Waals surface area (Å²) >= 11 is 5.89. The number of nitrogens with two attached hydrogens (primary N) is 1. The molecule has 1 aliphatic carbocycles. The third kappa shape index (κ3) is 2.78. The van der Waals surface area contributed by atoms with E-state index in [0.29, 0.717) is 0 Å². The van der Waals surface area contributed by atoms with E-state index in [1.165, 1.54) is 18.2 Å². The zero-order valence-electron chi connectivity index (χ0n) is 10.0. The standard InChI is InChI=1S/C12H12ClN3O3/c13-9-2-1-3-10(16(17)18)11(9)19-7-12(15,6-14)8-4-5-8/h1-3,8H,4-5,7,15H2. The van der Waals surface area contributed by atoms with Crippen LogP contribution in [-0.2, 0) is 0 Å². The quantitative estimate of drug-likeness (QED) is 0.659. The van der Waals surface area contributed by atoms with Crippen LogP contribution in [0.15, 0.2) is 18.2 Å². The SMILES string of the molecule is N#CC(N)(COc1c(Cl)cccc1[N+](=O)[O-])C1CC1. The van der Waals surface area contributed by atoms with E-state index in [4.69, 9.17) is 27.3 Å². The van der Waals surface area contributed by atoms with Gasteiger partial charge in [-0.3, -0.25) is 10.1 Å². The first kappa shape index (κ1) is 13.6. The number of hydrogen-bond acceptors (Lipinski definition) is 5. The lowest BCUT2D eigenvalue weighted by atomic mass is 9.98. The van der Waals surface area contributed by atoms with Gasteiger partial charge in [0.15, 0.2) is 0 Å². The van der Waals surface area contributed by atoms with Crippen LogP contribution in [0.4, 0.5) is 5.69 Å². The molecule has 1 unspecified atom stereocenters. The number of nitrogens with zero attached hydrogens (tertiary/aromatic N) is 2. The third-order valence-electron chi connectivity index (χ3n) is 3.11. The molecule has 6 nitrogen and oxygen atoms in total. The van der Waals surface area contributed by atoms with Gasteiger partial charge in [0, 0.05) is 6.07 Å². The average molecular weight is 282 g/mol. The molecule has 0 bridgehead atoms. The van der Waals surface area contributed by atoms with Crippen LogP contribution in [-0.4, -0.2) is 17.1 Å². The van der Waals surface area contributed by atoms with Gasteiger partial charge >= 0.3 is 5.69 Å². The summed E-state index contributed by atoms with van der Waals surface area (Å²) in [6.45, 7) is -0.112. The molecule has 1 fully saturated rings. The van der Waals surface area contributed by atoms with Crippen molar-refractivity contribution in [3.63, 3.8) is 0 Å². The van der Waals surface area contributed by atoms with Crippen LogP contribution in [0.2, 0.25) is 5.02 Å². The Kier molecular flexibility index (Phi) is 3.60. The van der Waals surface area contributed by atoms with E-state index in [9.17, 15) is 10.1 Å². The summed E-state index contributed by atoms with van der Waals surface area (Å²) < 4.78 is 5.37. The van der Waals surface area contributed by atoms with E-state index >= 15 is 0 Å². The average Bonchev–Trinajstić information content (AvgIpc) is 3.21. The van der Waals surface area contributed by atoms with Crippen molar-refractivity contribution >= 4 is 17.3 Å². The molecule has 19 heavy (non-hydrogen) atoms. The molecule has 1 saturated carbocycles. The third-order valence-corrected chi connectivity index (χ3v) is 3.41. The summed E-state index contributed by atoms with van der Waals surface area (Å²) in [4.78, 5) is 10.3. The Hall–Kier alpha value is -1.84. The minimum Gasteiger partial charge on any atom is -0.483 e. The molecule has 7 heteroatoms. The molecule has 1 aromatic carbocycles. The second-order valence-corrected chi connectivity index (χ2v) is 4.97. The maximum Gasteiger partial charge on any atom is 0.312 e. The number of ether oxygens (including phenoxy) is 1. The summed E-state index contributed by atoms with van der Waals surface area (Å²) in [6.07, 6.45) is 1.75. The van der Waals surface area contributed by atoms with Gasteiger partial charge in [-0.1, -0.05) is 17.7 Å². The van der Waals surface area contributed by atoms with Gasteiger partial charge in [-0.25, -0.2) is 0 Å². The van der Waals surface area contributed by atoms with E-state index in [2.05, 4.69) is 0 Å². The van der Waals surface area contributed by atoms with Gasteiger partial charge in [-0.2, -0.15) is 5.26 Å². The first-order chi connectivity index (χ1) is 8.98. The van der Waals surface area contributed by atoms with Gasteiger partial charge in [-0.15, -0.1) is 0 Å². The fraction of sp³-hybridized carbons (Fsp3) is 0.417. The zero-order chi connectivity index (χ0) is 14.0. The first-order valence-corrected chi connectivity index (χ1v) is 6.11. The number of benzene rings is 1. The lowest BCUT2D eigenvalue weighted by Crippen LogP contribution is -2.46. The van der Waals surface area contributed by atoms with Crippen molar-refractivity contribution in [1.29, 1.82) is 5.26 Å². The number of nitriles is 1. The van der Waals surface area contributed by atoms with E-state index in [0.717, 1.165) is 12.8 Å². The largest absolute Gasteiger partial charge is 0.483 e. The van der Waals surface area contributed by atoms with Crippen molar-refractivity contribution in [3.05, 3.63) is 33.3 Å². The zero-order valence-corrected chi connectivity index (χ0v) is 10.8. The first-order valence-electron chi connectivity index (χ1n) is 5.74. The van der Waals surface area contributed by atoms with Gasteiger partial charge in [0.25, 0.3) is 0 Å². The summed E-state index contributed by atoms with van der Waals surface area (Å²) in [5.74, 6) is 0.0407. The molecule has 2 rings (SSSR count). The van der Waals surface area contributed by atoms with Crippen molar-refractivity contribution < 1.29 is 9.66 Å². The molecular formula is C12H12ClN3O3. The molecule has 100 valence electrons. The molecule has 0 aromatic heterocycles. The molecule has 0 saturated heterocycles. The van der Waals surface area contributed by atoms with Crippen LogP contribution in [0, 0.1) is 27.4 Å². The second-order valence-electron chi connectivity index (χ2n) is 4.56. The maximum atomic E-state index is 10.9. The Labute approximate surface area is 114 Å². The van der Waals surface area contributed by atoms with E-state index in [1.807, 2.05) is 6.07 Å². The van der Waals surface area contributed by atoms with Crippen molar-refractivity contribution in [1.82, 2.24) is 0 Å². The number of nitro benzene ring substituents is 1. The highest BCUT2D eigenvalue weighted by atomic mass is 35.5. The number of rotatable bonds is 5. The molecule has 0 spiro atoms. The minimum atomic E-state index is -1.12. The van der Waals surface area contributed by atoms with Gasteiger partial charge in [-0.05, 0) is 24.8 Å². The smallest absolute Gasteiger partial charge is 0.312 e. The normalized spacial score (nSPS) is 17.3. The number of para-hydroxylation sites is 1. The number of nitro groups is 1. The Morgan fingerprint density at radius 2 is 2.32 bits per heavy atom. The topological polar surface area (TPSA) is 102 Å². The van der Waals surface area contributed by atoms with Gasteiger partial charge in [0.2, 0.25) is 5.75 Å². The van der Waals surface area contributed by atoms with Crippen LogP contribution >= 0.6 is 11.6 Å². The summed E-state index contributed by atoms with van der Waals surface area (Å²) in [7, 11) is 0. The molecule has 0 heterocycles. The molecule has 2 N–H and O–H groups in total. The van der Waals surface area contributed by atoms with Gasteiger partial charge < -0.3 is 10.5 Å². The molecule has 0 aliphatic heterocycles. The molecular weight excluding hydrogens is 270 g/mol. The summed E-state index contributed by atoms with van der Waals surface area (Å²) in [6, 6.07) is 6.27. The van der Waals surface area contributed by atoms with Crippen LogP contribution in [0.5, 0.6) is 5.75 Å². The van der Waals surface area contributed by atoms with Gasteiger partial charge in [0.1, 0.15) is 12.1 Å². The monoisotopic (exact) mass is 281 g/mol. The lowest BCUT2D eigenvalue weighted by molar-refractivity contribution is -0.385. The Bertz CT molecular complexity index is 554. The van der Waals surface area contributed by atoms with E-state index in [-0.39, 0.29) is 29.0 Å². The van der Waals surface area contributed by atoms with E-state index < -0.39 is 10.5 Å². The predicted molar refractivity (Wildman–Crippen MR) is 68.9 cm³/mol. The summed E-state index contributed by atoms with van der Waals surface area (Å²) in [5.41, 5.74) is 4.58. The van der Waals surface area contributed by atoms with Crippen molar-refractivity contribution in [2.45, 2.75) is 18.4 Å². The molecule has 0 amide bonds. The van der Waals surface area contributed by atoms with Gasteiger partial charge in [0.05, 0.1) is 16.0 Å². The highest BCUT2D eigenvalue weighted by molar-refractivity contribution is 6.32. The minimum absolute atomic E-state index is 0.0418. The van der Waals surface area contributed by atoms with Crippen LogP contribution in [0.1, 0.15) is 12.8 Å². The summed E-state index contributed by atoms with van der Waals surface area (Å²) in [5, 5.41) is 20.1. The van der Waals surface area contributed by atoms with E-state index in [1.54, 1.807) is 0 Å². The maximum absolute atomic E-state index is 10.9. The lowest BCUT2D eigenvalue weighted by Gasteiger charge is -2.21. The van der Waals surface area contributed by atoms with Crippen LogP contribution in [0.25, 0.3) is 0 Å². The fourth-order valence-corrected chi connectivity index (χ4v) is 2.04. The molecule has 1 aliphatic rings. The highest BCUT2D eigenvalue weighted by Gasteiger charge is 2.43. The second kappa shape index (κ2) is 5.03. The Morgan fingerprint density at radius 3 is 2.84 bits per heavy atom. The number of halogens is 1. The molecule has 0 radical (unpaired) electrons. The number of hydrogen-bond donors (Lipinski definition) is 1. The fourth-order valence-electron chi connectivity index (χ4n) is 1.82. The van der Waals surface area contributed by atoms with Crippen LogP contribution in [0.3, 0.4) is 0 Å².